The minimum atomic E-state index is -2.27. The molecule has 0 N–H and O–H groups in total. The summed E-state index contributed by atoms with van der Waals surface area (Å²) in [6, 6.07) is 0. The fraction of sp³-hybridized carbons (Fsp3) is 0.333. The molecule has 1 aliphatic rings. The molecule has 0 aromatic carbocycles. The maximum atomic E-state index is 5.97. The first-order valence-corrected chi connectivity index (χ1v) is 9.60. The first-order valence-electron chi connectivity index (χ1n) is 2.51. The molecular weight excluding hydrogens is 244 g/mol. The van der Waals surface area contributed by atoms with Gasteiger partial charge in [-0.15, -0.1) is 0 Å². The Morgan fingerprint density at radius 3 is 2.44 bits per heavy atom. The summed E-state index contributed by atoms with van der Waals surface area (Å²) in [5, 5.41) is 0. The van der Waals surface area contributed by atoms with E-state index >= 15 is 0 Å². The molecule has 0 heterocycles. The van der Waals surface area contributed by atoms with E-state index in [1.165, 1.54) is 4.17 Å². The summed E-state index contributed by atoms with van der Waals surface area (Å²) in [5.74, 6) is 0. The Kier molecular flexibility index (Phi) is 2.37. The summed E-state index contributed by atoms with van der Waals surface area (Å²) >= 11 is -2.27. The zero-order valence-corrected chi connectivity index (χ0v) is 8.30. The van der Waals surface area contributed by atoms with Crippen molar-refractivity contribution in [1.82, 2.24) is 0 Å². The van der Waals surface area contributed by atoms with Crippen LogP contribution >= 0.6 is 19.4 Å². The second-order valence-electron chi connectivity index (χ2n) is 1.86. The third-order valence-corrected chi connectivity index (χ3v) is 5.75. The van der Waals surface area contributed by atoms with Gasteiger partial charge in [-0.25, -0.2) is 0 Å². The normalized spacial score (nSPS) is 20.1. The van der Waals surface area contributed by atoms with Crippen LogP contribution in [0.2, 0.25) is 5.52 Å². The van der Waals surface area contributed by atoms with Gasteiger partial charge in [-0.3, -0.25) is 0 Å². The van der Waals surface area contributed by atoms with Crippen molar-refractivity contribution < 1.29 is 12.8 Å². The quantitative estimate of drug-likeness (QED) is 0.628. The van der Waals surface area contributed by atoms with E-state index in [1.807, 2.05) is 17.7 Å². The van der Waals surface area contributed by atoms with E-state index in [9.17, 15) is 0 Å². The van der Waals surface area contributed by atoms with Crippen molar-refractivity contribution in [2.24, 2.45) is 0 Å². The molecule has 0 atom stereocenters. The van der Waals surface area contributed by atoms with E-state index in [0.717, 1.165) is 6.42 Å². The molecule has 0 aliphatic heterocycles. The molecule has 1 rings (SSSR count). The predicted octanol–water partition coefficient (Wildman–Crippen LogP) is 3.34. The van der Waals surface area contributed by atoms with Crippen LogP contribution in [-0.4, -0.2) is 0 Å². The van der Waals surface area contributed by atoms with Crippen LogP contribution in [0.4, 0.5) is 0 Å². The fourth-order valence-corrected chi connectivity index (χ4v) is 3.32. The second-order valence-corrected chi connectivity index (χ2v) is 13.2. The first-order chi connectivity index (χ1) is 4.11. The van der Waals surface area contributed by atoms with Crippen molar-refractivity contribution in [1.29, 1.82) is 0 Å². The van der Waals surface area contributed by atoms with Crippen molar-refractivity contribution in [3.63, 3.8) is 0 Å². The van der Waals surface area contributed by atoms with Gasteiger partial charge in [0.2, 0.25) is 0 Å². The van der Waals surface area contributed by atoms with Crippen LogP contribution in [0.15, 0.2) is 22.4 Å². The minimum absolute atomic E-state index is 0.968. The zero-order valence-electron chi connectivity index (χ0n) is 5.05. The summed E-state index contributed by atoms with van der Waals surface area (Å²) in [4.78, 5) is 0. The number of halogens is 2. The average molecular weight is 252 g/mol. The SMILES string of the molecule is [CH3][Ru]([Cl])([Cl])[C]1=CC=CC1. The molecular formula is C6H8Cl2Ru. The van der Waals surface area contributed by atoms with Gasteiger partial charge in [0.05, 0.1) is 0 Å². The van der Waals surface area contributed by atoms with Gasteiger partial charge in [-0.1, -0.05) is 0 Å². The molecule has 54 valence electrons. The van der Waals surface area contributed by atoms with Crippen molar-refractivity contribution in [3.8, 4) is 0 Å². The second kappa shape index (κ2) is 2.74. The molecule has 3 heteroatoms. The van der Waals surface area contributed by atoms with Gasteiger partial charge in [0.25, 0.3) is 0 Å². The van der Waals surface area contributed by atoms with E-state index in [-0.39, 0.29) is 0 Å². The van der Waals surface area contributed by atoms with Gasteiger partial charge in [-0.05, 0) is 0 Å². The predicted molar refractivity (Wildman–Crippen MR) is 39.4 cm³/mol. The van der Waals surface area contributed by atoms with Crippen molar-refractivity contribution in [2.75, 3.05) is 0 Å². The molecule has 0 aromatic heterocycles. The van der Waals surface area contributed by atoms with Crippen molar-refractivity contribution in [3.05, 3.63) is 22.4 Å². The van der Waals surface area contributed by atoms with Crippen LogP contribution in [0.25, 0.3) is 0 Å². The van der Waals surface area contributed by atoms with Gasteiger partial charge in [0.15, 0.2) is 0 Å². The van der Waals surface area contributed by atoms with E-state index in [4.69, 9.17) is 19.4 Å². The van der Waals surface area contributed by atoms with Crippen LogP contribution in [0.5, 0.6) is 0 Å². The van der Waals surface area contributed by atoms with Crippen LogP contribution in [-0.2, 0) is 12.8 Å². The summed E-state index contributed by atoms with van der Waals surface area (Å²) in [6.45, 7) is 0. The molecule has 0 aromatic rings. The Morgan fingerprint density at radius 1 is 1.56 bits per heavy atom. The van der Waals surface area contributed by atoms with Gasteiger partial charge in [-0.2, -0.15) is 0 Å². The maximum absolute atomic E-state index is 5.97. The molecule has 0 nitrogen and oxygen atoms in total. The molecule has 1 aliphatic carbocycles. The van der Waals surface area contributed by atoms with E-state index < -0.39 is 12.8 Å². The van der Waals surface area contributed by atoms with Crippen molar-refractivity contribution in [2.45, 2.75) is 11.9 Å². The van der Waals surface area contributed by atoms with Gasteiger partial charge in [0, 0.05) is 0 Å². The third kappa shape index (κ3) is 2.07. The van der Waals surface area contributed by atoms with E-state index in [2.05, 4.69) is 6.08 Å². The Hall–Kier alpha value is 0.683. The molecule has 0 unspecified atom stereocenters. The molecule has 0 amide bonds. The number of rotatable bonds is 1. The molecule has 0 spiro atoms. The van der Waals surface area contributed by atoms with E-state index in [1.54, 1.807) is 0 Å². The molecule has 0 saturated heterocycles. The van der Waals surface area contributed by atoms with Gasteiger partial charge in [0.1, 0.15) is 0 Å². The molecule has 9 heavy (non-hydrogen) atoms. The Labute approximate surface area is 66.4 Å². The Bertz CT molecular complexity index is 164. The number of hydrogen-bond acceptors (Lipinski definition) is 0. The summed E-state index contributed by atoms with van der Waals surface area (Å²) in [7, 11) is 11.9. The van der Waals surface area contributed by atoms with E-state index in [0.29, 0.717) is 0 Å². The third-order valence-electron chi connectivity index (χ3n) is 1.12. The van der Waals surface area contributed by atoms with Crippen molar-refractivity contribution >= 4 is 19.4 Å². The average Bonchev–Trinajstić information content (AvgIpc) is 2.08. The van der Waals surface area contributed by atoms with Crippen LogP contribution in [0.3, 0.4) is 0 Å². The molecule has 0 saturated carbocycles. The van der Waals surface area contributed by atoms with Crippen LogP contribution < -0.4 is 0 Å². The van der Waals surface area contributed by atoms with Crippen LogP contribution in [0, 0.1) is 0 Å². The Morgan fingerprint density at radius 2 is 2.22 bits per heavy atom. The van der Waals surface area contributed by atoms with Gasteiger partial charge < -0.3 is 0 Å². The van der Waals surface area contributed by atoms with Crippen LogP contribution in [0.1, 0.15) is 6.42 Å². The first kappa shape index (κ1) is 7.79. The van der Waals surface area contributed by atoms with Gasteiger partial charge >= 0.3 is 66.5 Å². The fourth-order valence-electron chi connectivity index (χ4n) is 0.646. The standard InChI is InChI=1S/C5H5.CH3.2ClH.Ru/c1-2-4-5-3-1;;;;/h1-3H,4H2;1H3;2*1H;/q;;;;+2/p-2. The molecule has 0 bridgehead atoms. The molecule has 0 radical (unpaired) electrons. The molecule has 0 fully saturated rings. The Balaban J connectivity index is 2.66. The summed E-state index contributed by atoms with van der Waals surface area (Å²) < 4.78 is 1.24. The summed E-state index contributed by atoms with van der Waals surface area (Å²) in [6.07, 6.45) is 7.10. The number of allylic oxidation sites excluding steroid dienone is 4. The summed E-state index contributed by atoms with van der Waals surface area (Å²) in [5.41, 5.74) is 1.96. The number of hydrogen-bond donors (Lipinski definition) is 0. The zero-order chi connectivity index (χ0) is 6.91. The monoisotopic (exact) mass is 252 g/mol. The topological polar surface area (TPSA) is 0 Å².